The minimum atomic E-state index is 0.342. The lowest BCUT2D eigenvalue weighted by atomic mass is 10.1. The highest BCUT2D eigenvalue weighted by Crippen LogP contribution is 2.28. The maximum absolute atomic E-state index is 10.2. The zero-order valence-corrected chi connectivity index (χ0v) is 9.87. The van der Waals surface area contributed by atoms with E-state index in [1.165, 1.54) is 0 Å². The Morgan fingerprint density at radius 3 is 2.62 bits per heavy atom. The first-order valence-corrected chi connectivity index (χ1v) is 5.08. The van der Waals surface area contributed by atoms with Gasteiger partial charge < -0.3 is 19.6 Å². The third-order valence-electron chi connectivity index (χ3n) is 2.39. The summed E-state index contributed by atoms with van der Waals surface area (Å²) >= 11 is 0. The summed E-state index contributed by atoms with van der Waals surface area (Å²) in [4.78, 5) is 10.2. The van der Waals surface area contributed by atoms with Crippen molar-refractivity contribution in [3.8, 4) is 11.5 Å². The van der Waals surface area contributed by atoms with Crippen LogP contribution in [-0.2, 0) is 11.3 Å². The molecule has 0 spiro atoms. The van der Waals surface area contributed by atoms with E-state index in [4.69, 9.17) is 9.47 Å². The first-order chi connectivity index (χ1) is 7.72. The number of benzene rings is 1. The van der Waals surface area contributed by atoms with Gasteiger partial charge in [-0.1, -0.05) is 0 Å². The van der Waals surface area contributed by atoms with Crippen molar-refractivity contribution >= 4 is 6.29 Å². The van der Waals surface area contributed by atoms with Crippen LogP contribution in [0.2, 0.25) is 0 Å². The van der Waals surface area contributed by atoms with Crippen LogP contribution in [0, 0.1) is 6.92 Å². The third kappa shape index (κ3) is 2.97. The van der Waals surface area contributed by atoms with Gasteiger partial charge in [0, 0.05) is 18.2 Å². The second-order valence-electron chi connectivity index (χ2n) is 3.42. The Hall–Kier alpha value is -1.55. The van der Waals surface area contributed by atoms with Crippen LogP contribution in [-0.4, -0.2) is 27.1 Å². The Kier molecular flexibility index (Phi) is 4.79. The van der Waals surface area contributed by atoms with Crippen LogP contribution < -0.4 is 14.8 Å². The fourth-order valence-corrected chi connectivity index (χ4v) is 1.54. The predicted molar refractivity (Wildman–Crippen MR) is 62.1 cm³/mol. The van der Waals surface area contributed by atoms with Gasteiger partial charge in [-0.2, -0.15) is 0 Å². The monoisotopic (exact) mass is 223 g/mol. The number of hydrogen-bond acceptors (Lipinski definition) is 4. The van der Waals surface area contributed by atoms with Gasteiger partial charge in [-0.3, -0.25) is 0 Å². The van der Waals surface area contributed by atoms with E-state index < -0.39 is 0 Å². The molecule has 0 fully saturated rings. The summed E-state index contributed by atoms with van der Waals surface area (Å²) in [6.07, 6.45) is 0.839. The molecule has 0 aliphatic heterocycles. The minimum absolute atomic E-state index is 0.342. The summed E-state index contributed by atoms with van der Waals surface area (Å²) in [5.74, 6) is 1.55. The lowest BCUT2D eigenvalue weighted by Crippen LogP contribution is -2.16. The molecular weight excluding hydrogens is 206 g/mol. The number of methoxy groups -OCH3 is 2. The van der Waals surface area contributed by atoms with Gasteiger partial charge >= 0.3 is 0 Å². The van der Waals surface area contributed by atoms with E-state index in [-0.39, 0.29) is 0 Å². The summed E-state index contributed by atoms with van der Waals surface area (Å²) in [6, 6.07) is 3.78. The number of hydrogen-bond donors (Lipinski definition) is 1. The molecule has 1 aromatic rings. The zero-order chi connectivity index (χ0) is 12.0. The lowest BCUT2D eigenvalue weighted by molar-refractivity contribution is -0.107. The van der Waals surface area contributed by atoms with Crippen molar-refractivity contribution < 1.29 is 14.3 Å². The molecule has 4 heteroatoms. The molecule has 0 saturated heterocycles. The van der Waals surface area contributed by atoms with Gasteiger partial charge in [0.05, 0.1) is 20.8 Å². The Labute approximate surface area is 95.6 Å². The second-order valence-corrected chi connectivity index (χ2v) is 3.42. The summed E-state index contributed by atoms with van der Waals surface area (Å²) in [7, 11) is 3.25. The Morgan fingerprint density at radius 2 is 2.06 bits per heavy atom. The van der Waals surface area contributed by atoms with Gasteiger partial charge in [-0.15, -0.1) is 0 Å². The van der Waals surface area contributed by atoms with Crippen LogP contribution >= 0.6 is 0 Å². The van der Waals surface area contributed by atoms with Crippen molar-refractivity contribution in [2.24, 2.45) is 0 Å². The van der Waals surface area contributed by atoms with Crippen LogP contribution in [0.15, 0.2) is 12.1 Å². The molecule has 0 unspecified atom stereocenters. The van der Waals surface area contributed by atoms with Gasteiger partial charge in [0.1, 0.15) is 17.8 Å². The SMILES string of the molecule is COc1cc(C)c(CNCC=O)c(OC)c1. The van der Waals surface area contributed by atoms with Crippen molar-refractivity contribution in [2.75, 3.05) is 20.8 Å². The summed E-state index contributed by atoms with van der Waals surface area (Å²) in [6.45, 7) is 2.94. The molecule has 0 amide bonds. The van der Waals surface area contributed by atoms with E-state index in [1.807, 2.05) is 19.1 Å². The molecule has 0 saturated carbocycles. The van der Waals surface area contributed by atoms with Crippen molar-refractivity contribution in [2.45, 2.75) is 13.5 Å². The summed E-state index contributed by atoms with van der Waals surface area (Å²) < 4.78 is 10.5. The lowest BCUT2D eigenvalue weighted by Gasteiger charge is -2.13. The average molecular weight is 223 g/mol. The standard InChI is InChI=1S/C12H17NO3/c1-9-6-10(15-2)7-12(16-3)11(9)8-13-4-5-14/h5-7,13H,4,8H2,1-3H3. The first kappa shape index (κ1) is 12.5. The average Bonchev–Trinajstić information content (AvgIpc) is 2.30. The van der Waals surface area contributed by atoms with E-state index in [0.29, 0.717) is 13.1 Å². The maximum Gasteiger partial charge on any atom is 0.133 e. The Bertz CT molecular complexity index is 364. The smallest absolute Gasteiger partial charge is 0.133 e. The van der Waals surface area contributed by atoms with Crippen LogP contribution in [0.4, 0.5) is 0 Å². The largest absolute Gasteiger partial charge is 0.497 e. The van der Waals surface area contributed by atoms with Crippen molar-refractivity contribution in [3.05, 3.63) is 23.3 Å². The molecule has 0 aliphatic carbocycles. The highest BCUT2D eigenvalue weighted by molar-refractivity contribution is 5.52. The van der Waals surface area contributed by atoms with Gasteiger partial charge in [0.15, 0.2) is 0 Å². The molecule has 16 heavy (non-hydrogen) atoms. The number of rotatable bonds is 6. The van der Waals surface area contributed by atoms with Crippen LogP contribution in [0.5, 0.6) is 11.5 Å². The van der Waals surface area contributed by atoms with Crippen molar-refractivity contribution in [1.82, 2.24) is 5.32 Å². The summed E-state index contributed by atoms with van der Waals surface area (Å²) in [5, 5.41) is 3.02. The molecule has 4 nitrogen and oxygen atoms in total. The predicted octanol–water partition coefficient (Wildman–Crippen LogP) is 1.30. The number of ether oxygens (including phenoxy) is 2. The molecule has 0 radical (unpaired) electrons. The molecule has 1 rings (SSSR count). The zero-order valence-electron chi connectivity index (χ0n) is 9.87. The van der Waals surface area contributed by atoms with Crippen LogP contribution in [0.3, 0.4) is 0 Å². The molecule has 1 aromatic carbocycles. The van der Waals surface area contributed by atoms with E-state index in [2.05, 4.69) is 5.32 Å². The minimum Gasteiger partial charge on any atom is -0.497 e. The van der Waals surface area contributed by atoms with E-state index in [0.717, 1.165) is 28.9 Å². The highest BCUT2D eigenvalue weighted by atomic mass is 16.5. The highest BCUT2D eigenvalue weighted by Gasteiger charge is 2.08. The third-order valence-corrected chi connectivity index (χ3v) is 2.39. The van der Waals surface area contributed by atoms with E-state index in [9.17, 15) is 4.79 Å². The fraction of sp³-hybridized carbons (Fsp3) is 0.417. The number of aldehydes is 1. The topological polar surface area (TPSA) is 47.6 Å². The van der Waals surface area contributed by atoms with Gasteiger partial charge in [0.25, 0.3) is 0 Å². The Morgan fingerprint density at radius 1 is 1.31 bits per heavy atom. The number of carbonyl (C=O) groups is 1. The molecule has 0 aliphatic rings. The molecule has 0 aromatic heterocycles. The van der Waals surface area contributed by atoms with E-state index >= 15 is 0 Å². The normalized spacial score (nSPS) is 9.94. The summed E-state index contributed by atoms with van der Waals surface area (Å²) in [5.41, 5.74) is 2.12. The van der Waals surface area contributed by atoms with Gasteiger partial charge in [0.2, 0.25) is 0 Å². The molecule has 1 N–H and O–H groups in total. The van der Waals surface area contributed by atoms with Crippen molar-refractivity contribution in [3.63, 3.8) is 0 Å². The van der Waals surface area contributed by atoms with Gasteiger partial charge in [-0.25, -0.2) is 0 Å². The number of carbonyl (C=O) groups excluding carboxylic acids is 1. The molecule has 88 valence electrons. The number of nitrogens with one attached hydrogen (secondary N) is 1. The number of aryl methyl sites for hydroxylation is 1. The first-order valence-electron chi connectivity index (χ1n) is 5.08. The Balaban J connectivity index is 2.92. The second kappa shape index (κ2) is 6.12. The molecular formula is C12H17NO3. The van der Waals surface area contributed by atoms with Crippen LogP contribution in [0.25, 0.3) is 0 Å². The molecule has 0 bridgehead atoms. The maximum atomic E-state index is 10.2. The van der Waals surface area contributed by atoms with Crippen molar-refractivity contribution in [1.29, 1.82) is 0 Å². The van der Waals surface area contributed by atoms with E-state index in [1.54, 1.807) is 14.2 Å². The molecule has 0 atom stereocenters. The fourth-order valence-electron chi connectivity index (χ4n) is 1.54. The molecule has 0 heterocycles. The quantitative estimate of drug-likeness (QED) is 0.583. The van der Waals surface area contributed by atoms with Gasteiger partial charge in [-0.05, 0) is 18.6 Å². The van der Waals surface area contributed by atoms with Crippen LogP contribution in [0.1, 0.15) is 11.1 Å².